The van der Waals surface area contributed by atoms with Gasteiger partial charge in [0.25, 0.3) is 0 Å². The van der Waals surface area contributed by atoms with Crippen LogP contribution in [0.4, 0.5) is 4.79 Å². The molecule has 22 heavy (non-hydrogen) atoms. The highest BCUT2D eigenvalue weighted by Gasteiger charge is 2.10. The number of primary amides is 1. The number of alkyl halides is 1. The third-order valence-electron chi connectivity index (χ3n) is 2.57. The summed E-state index contributed by atoms with van der Waals surface area (Å²) < 4.78 is 4.54. The van der Waals surface area contributed by atoms with Crippen molar-refractivity contribution < 1.29 is 19.4 Å². The Kier molecular flexibility index (Phi) is 10.8. The van der Waals surface area contributed by atoms with Crippen LogP contribution >= 0.6 is 11.6 Å². The van der Waals surface area contributed by atoms with E-state index in [0.717, 1.165) is 12.8 Å². The van der Waals surface area contributed by atoms with E-state index < -0.39 is 23.7 Å². The number of carbonyl (C=O) groups excluding carboxylic acids is 1. The maximum atomic E-state index is 10.3. The van der Waals surface area contributed by atoms with Crippen LogP contribution in [-0.2, 0) is 9.53 Å². The van der Waals surface area contributed by atoms with Gasteiger partial charge in [0.05, 0.1) is 0 Å². The van der Waals surface area contributed by atoms with Gasteiger partial charge in [-0.3, -0.25) is 4.79 Å². The van der Waals surface area contributed by atoms with Gasteiger partial charge in [0.1, 0.15) is 6.04 Å². The second-order valence-corrected chi connectivity index (χ2v) is 4.79. The van der Waals surface area contributed by atoms with E-state index in [0.29, 0.717) is 18.5 Å². The fourth-order valence-electron chi connectivity index (χ4n) is 1.41. The number of aliphatic carboxylic acids is 1. The minimum atomic E-state index is -0.933. The summed E-state index contributed by atoms with van der Waals surface area (Å²) in [6.45, 7) is 0.604. The Balaban J connectivity index is 0.000000409. The summed E-state index contributed by atoms with van der Waals surface area (Å²) in [7, 11) is 0. The molecular weight excluding hydrogens is 310 g/mol. The van der Waals surface area contributed by atoms with E-state index in [1.807, 2.05) is 6.07 Å². The second-order valence-electron chi connectivity index (χ2n) is 4.39. The summed E-state index contributed by atoms with van der Waals surface area (Å²) >= 11 is 5.68. The lowest BCUT2D eigenvalue weighted by Crippen LogP contribution is -2.29. The van der Waals surface area contributed by atoms with Crippen LogP contribution in [0.3, 0.4) is 0 Å². The molecule has 0 aliphatic heterocycles. The average molecular weight is 332 g/mol. The Morgan fingerprint density at radius 3 is 2.27 bits per heavy atom. The van der Waals surface area contributed by atoms with Crippen LogP contribution in [0.2, 0.25) is 0 Å². The van der Waals surface area contributed by atoms with E-state index in [-0.39, 0.29) is 0 Å². The van der Waals surface area contributed by atoms with Gasteiger partial charge in [0, 0.05) is 5.56 Å². The molecule has 0 aromatic heterocycles. The smallest absolute Gasteiger partial charge is 0.406 e. The minimum absolute atomic E-state index is 0.520. The topological polar surface area (TPSA) is 142 Å². The normalized spacial score (nSPS) is 12.5. The number of hydrogen-bond acceptors (Lipinski definition) is 5. The van der Waals surface area contributed by atoms with E-state index in [1.54, 1.807) is 24.3 Å². The predicted molar refractivity (Wildman–Crippen MR) is 84.2 cm³/mol. The van der Waals surface area contributed by atoms with Gasteiger partial charge < -0.3 is 27.0 Å². The van der Waals surface area contributed by atoms with Crippen molar-refractivity contribution in [3.8, 4) is 0 Å². The van der Waals surface area contributed by atoms with Gasteiger partial charge in [-0.05, 0) is 19.4 Å². The summed E-state index contributed by atoms with van der Waals surface area (Å²) in [4.78, 5) is 20.4. The van der Waals surface area contributed by atoms with Gasteiger partial charge in [-0.2, -0.15) is 0 Å². The first-order valence-electron chi connectivity index (χ1n) is 6.72. The Morgan fingerprint density at radius 1 is 1.23 bits per heavy atom. The van der Waals surface area contributed by atoms with Gasteiger partial charge in [-0.15, -0.1) is 0 Å². The lowest BCUT2D eigenvalue weighted by atomic mass is 10.1. The molecule has 1 unspecified atom stereocenters. The van der Waals surface area contributed by atoms with Crippen molar-refractivity contribution in [2.45, 2.75) is 30.9 Å². The van der Waals surface area contributed by atoms with E-state index in [9.17, 15) is 9.59 Å². The molecule has 0 heterocycles. The van der Waals surface area contributed by atoms with Gasteiger partial charge in [0.2, 0.25) is 5.56 Å². The molecule has 0 aliphatic rings. The Labute approximate surface area is 134 Å². The summed E-state index contributed by atoms with van der Waals surface area (Å²) in [6.07, 6.45) is 1.29. The fourth-order valence-corrected chi connectivity index (χ4v) is 1.64. The Morgan fingerprint density at radius 2 is 1.82 bits per heavy atom. The van der Waals surface area contributed by atoms with E-state index in [2.05, 4.69) is 4.74 Å². The molecule has 8 heteroatoms. The molecule has 1 aromatic rings. The summed E-state index contributed by atoms with van der Waals surface area (Å²) in [5.41, 5.74) is 15.1. The SMILES string of the molecule is NC(=O)OC(Cl)c1ccccc1.NCCCC[C@H](N)C(=O)O. The average Bonchev–Trinajstić information content (AvgIpc) is 2.48. The summed E-state index contributed by atoms with van der Waals surface area (Å²) in [6, 6.07) is 8.23. The zero-order valence-corrected chi connectivity index (χ0v) is 12.9. The van der Waals surface area contributed by atoms with Crippen LogP contribution in [0.15, 0.2) is 30.3 Å². The van der Waals surface area contributed by atoms with Crippen LogP contribution in [0.1, 0.15) is 30.4 Å². The van der Waals surface area contributed by atoms with Crippen LogP contribution < -0.4 is 17.2 Å². The van der Waals surface area contributed by atoms with Gasteiger partial charge in [-0.1, -0.05) is 48.4 Å². The molecule has 0 saturated heterocycles. The number of unbranched alkanes of at least 4 members (excludes halogenated alkanes) is 1. The quantitative estimate of drug-likeness (QED) is 0.441. The number of carbonyl (C=O) groups is 2. The van der Waals surface area contributed by atoms with Crippen LogP contribution in [0, 0.1) is 0 Å². The molecule has 0 fully saturated rings. The summed E-state index contributed by atoms with van der Waals surface area (Å²) in [5, 5.41) is 8.33. The molecule has 1 amide bonds. The molecule has 7 N–H and O–H groups in total. The zero-order chi connectivity index (χ0) is 17.0. The van der Waals surface area contributed by atoms with Gasteiger partial charge in [-0.25, -0.2) is 4.79 Å². The third-order valence-corrected chi connectivity index (χ3v) is 2.91. The Bertz CT molecular complexity index is 445. The maximum absolute atomic E-state index is 10.3. The molecule has 1 aromatic carbocycles. The van der Waals surface area contributed by atoms with Crippen molar-refractivity contribution in [2.75, 3.05) is 6.54 Å². The number of halogens is 1. The number of rotatable bonds is 7. The van der Waals surface area contributed by atoms with Gasteiger partial charge >= 0.3 is 12.1 Å². The molecule has 0 bridgehead atoms. The van der Waals surface area contributed by atoms with Crippen molar-refractivity contribution in [3.05, 3.63) is 35.9 Å². The van der Waals surface area contributed by atoms with Crippen molar-refractivity contribution in [1.29, 1.82) is 0 Å². The fraction of sp³-hybridized carbons (Fsp3) is 0.429. The largest absolute Gasteiger partial charge is 0.480 e. The van der Waals surface area contributed by atoms with E-state index in [4.69, 9.17) is 33.9 Å². The first kappa shape index (κ1) is 20.2. The van der Waals surface area contributed by atoms with Gasteiger partial charge in [0.15, 0.2) is 0 Å². The molecule has 7 nitrogen and oxygen atoms in total. The third kappa shape index (κ3) is 9.98. The number of benzene rings is 1. The highest BCUT2D eigenvalue weighted by atomic mass is 35.5. The van der Waals surface area contributed by atoms with Crippen molar-refractivity contribution in [3.63, 3.8) is 0 Å². The lowest BCUT2D eigenvalue weighted by Gasteiger charge is -2.08. The highest BCUT2D eigenvalue weighted by molar-refractivity contribution is 6.20. The Hall–Kier alpha value is -1.83. The number of carboxylic acids is 1. The highest BCUT2D eigenvalue weighted by Crippen LogP contribution is 2.20. The van der Waals surface area contributed by atoms with E-state index >= 15 is 0 Å². The van der Waals surface area contributed by atoms with Crippen LogP contribution in [0.5, 0.6) is 0 Å². The van der Waals surface area contributed by atoms with Crippen LogP contribution in [-0.4, -0.2) is 29.8 Å². The molecule has 1 rings (SSSR count). The molecule has 2 atom stereocenters. The lowest BCUT2D eigenvalue weighted by molar-refractivity contribution is -0.138. The van der Waals surface area contributed by atoms with Crippen molar-refractivity contribution >= 4 is 23.7 Å². The standard InChI is InChI=1S/C8H8ClNO2.C6H14N2O2/c9-7(12-8(10)11)6-4-2-1-3-5-6;7-4-2-1-3-5(8)6(9)10/h1-5,7H,(H2,10,11);5H,1-4,7-8H2,(H,9,10)/t;5-/m.0/s1. The second kappa shape index (κ2) is 11.8. The molecular formula is C14H22ClN3O4. The first-order chi connectivity index (χ1) is 10.4. The van der Waals surface area contributed by atoms with Crippen molar-refractivity contribution in [1.82, 2.24) is 0 Å². The van der Waals surface area contributed by atoms with Crippen molar-refractivity contribution in [2.24, 2.45) is 17.2 Å². The minimum Gasteiger partial charge on any atom is -0.480 e. The monoisotopic (exact) mass is 331 g/mol. The number of nitrogens with two attached hydrogens (primary N) is 3. The maximum Gasteiger partial charge on any atom is 0.406 e. The number of carboxylic acid groups (broad SMARTS) is 1. The molecule has 0 saturated carbocycles. The van der Waals surface area contributed by atoms with E-state index in [1.165, 1.54) is 0 Å². The number of amides is 1. The molecule has 0 radical (unpaired) electrons. The summed E-state index contributed by atoms with van der Waals surface area (Å²) in [5.74, 6) is -0.933. The van der Waals surface area contributed by atoms with Crippen LogP contribution in [0.25, 0.3) is 0 Å². The predicted octanol–water partition coefficient (Wildman–Crippen LogP) is 1.55. The zero-order valence-electron chi connectivity index (χ0n) is 12.2. The molecule has 0 aliphatic carbocycles. The number of hydrogen-bond donors (Lipinski definition) is 4. The molecule has 0 spiro atoms. The molecule has 124 valence electrons. The number of ether oxygens (including phenoxy) is 1. The first-order valence-corrected chi connectivity index (χ1v) is 7.15.